The van der Waals surface area contributed by atoms with Gasteiger partial charge in [-0.2, -0.15) is 0 Å². The third kappa shape index (κ3) is 4.80. The first-order chi connectivity index (χ1) is 8.67. The van der Waals surface area contributed by atoms with Gasteiger partial charge in [0.2, 0.25) is 0 Å². The zero-order chi connectivity index (χ0) is 13.4. The Kier molecular flexibility index (Phi) is 6.29. The van der Waals surface area contributed by atoms with Crippen molar-refractivity contribution in [2.24, 2.45) is 5.73 Å². The van der Waals surface area contributed by atoms with Gasteiger partial charge in [0.05, 0.1) is 12.8 Å². The van der Waals surface area contributed by atoms with E-state index in [1.54, 1.807) is 0 Å². The van der Waals surface area contributed by atoms with Crippen molar-refractivity contribution in [1.82, 2.24) is 4.90 Å². The molecule has 0 spiro atoms. The maximum atomic E-state index is 5.63. The van der Waals surface area contributed by atoms with E-state index in [4.69, 9.17) is 10.5 Å². The molecule has 0 aromatic heterocycles. The monoisotopic (exact) mass is 248 g/mol. The number of hydrogen-bond donors (Lipinski definition) is 1. The molecule has 0 saturated heterocycles. The van der Waals surface area contributed by atoms with E-state index in [-0.39, 0.29) is 0 Å². The molecule has 0 amide bonds. The largest absolute Gasteiger partial charge is 0.492 e. The quantitative estimate of drug-likeness (QED) is 0.703. The van der Waals surface area contributed by atoms with Gasteiger partial charge >= 0.3 is 0 Å². The van der Waals surface area contributed by atoms with Crippen LogP contribution in [-0.2, 0) is 4.74 Å². The first-order valence-corrected chi connectivity index (χ1v) is 6.54. The second kappa shape index (κ2) is 7.77. The van der Waals surface area contributed by atoms with E-state index in [0.29, 0.717) is 13.2 Å². The fourth-order valence-electron chi connectivity index (χ4n) is 1.70. The van der Waals surface area contributed by atoms with Gasteiger partial charge in [0.1, 0.15) is 5.76 Å². The van der Waals surface area contributed by atoms with Gasteiger partial charge in [-0.1, -0.05) is 25.5 Å². The number of nitrogens with two attached hydrogens (primary N) is 1. The van der Waals surface area contributed by atoms with Crippen molar-refractivity contribution >= 4 is 0 Å². The van der Waals surface area contributed by atoms with Gasteiger partial charge in [-0.25, -0.2) is 0 Å². The smallest absolute Gasteiger partial charge is 0.135 e. The normalized spacial score (nSPS) is 15.9. The summed E-state index contributed by atoms with van der Waals surface area (Å²) < 4.78 is 5.63. The lowest BCUT2D eigenvalue weighted by Gasteiger charge is -2.22. The Labute approximate surface area is 110 Å². The molecule has 0 aromatic carbocycles. The van der Waals surface area contributed by atoms with Crippen LogP contribution in [0.4, 0.5) is 0 Å². The predicted molar refractivity (Wildman–Crippen MR) is 76.5 cm³/mol. The third-order valence-corrected chi connectivity index (χ3v) is 2.66. The van der Waals surface area contributed by atoms with Crippen LogP contribution in [0.1, 0.15) is 33.1 Å². The summed E-state index contributed by atoms with van der Waals surface area (Å²) in [4.78, 5) is 2.02. The van der Waals surface area contributed by atoms with Crippen molar-refractivity contribution < 1.29 is 4.74 Å². The summed E-state index contributed by atoms with van der Waals surface area (Å²) in [5.41, 5.74) is 7.74. The fraction of sp³-hybridized carbons (Fsp3) is 0.467. The minimum atomic E-state index is 0.656. The van der Waals surface area contributed by atoms with Crippen molar-refractivity contribution in [3.63, 3.8) is 0 Å². The van der Waals surface area contributed by atoms with Gasteiger partial charge in [0.25, 0.3) is 0 Å². The van der Waals surface area contributed by atoms with Crippen molar-refractivity contribution in [3.8, 4) is 0 Å². The summed E-state index contributed by atoms with van der Waals surface area (Å²) in [5.74, 6) is 0.858. The molecule has 1 rings (SSSR count). The molecule has 0 aliphatic carbocycles. The van der Waals surface area contributed by atoms with Crippen LogP contribution >= 0.6 is 0 Å². The SMILES string of the molecule is C=C1C=CC(OCCCN)=CN1/C=C(/C)CCC. The molecule has 18 heavy (non-hydrogen) atoms. The molecule has 3 nitrogen and oxygen atoms in total. The summed E-state index contributed by atoms with van der Waals surface area (Å²) in [6.07, 6.45) is 11.1. The first-order valence-electron chi connectivity index (χ1n) is 6.54. The number of rotatable bonds is 7. The number of ether oxygens (including phenoxy) is 1. The average molecular weight is 248 g/mol. The van der Waals surface area contributed by atoms with Gasteiger partial charge in [-0.3, -0.25) is 0 Å². The fourth-order valence-corrected chi connectivity index (χ4v) is 1.70. The highest BCUT2D eigenvalue weighted by molar-refractivity contribution is 5.31. The standard InChI is InChI=1S/C15H24N2O/c1-4-6-13(2)11-17-12-15(8-7-14(17)3)18-10-5-9-16/h7-8,11-12H,3-6,9-10,16H2,1-2H3/b13-11-. The van der Waals surface area contributed by atoms with E-state index in [1.807, 2.05) is 23.3 Å². The van der Waals surface area contributed by atoms with Gasteiger partial charge in [0, 0.05) is 11.9 Å². The Morgan fingerprint density at radius 1 is 1.50 bits per heavy atom. The van der Waals surface area contributed by atoms with Crippen LogP contribution in [0.25, 0.3) is 0 Å². The summed E-state index contributed by atoms with van der Waals surface area (Å²) >= 11 is 0. The van der Waals surface area contributed by atoms with Crippen LogP contribution in [0, 0.1) is 0 Å². The molecule has 0 atom stereocenters. The topological polar surface area (TPSA) is 38.5 Å². The van der Waals surface area contributed by atoms with Crippen LogP contribution in [0.5, 0.6) is 0 Å². The molecule has 0 radical (unpaired) electrons. The van der Waals surface area contributed by atoms with Crippen molar-refractivity contribution in [2.45, 2.75) is 33.1 Å². The van der Waals surface area contributed by atoms with E-state index in [1.165, 1.54) is 5.57 Å². The molecule has 0 saturated carbocycles. The van der Waals surface area contributed by atoms with Crippen LogP contribution in [0.3, 0.4) is 0 Å². The molecule has 2 N–H and O–H groups in total. The van der Waals surface area contributed by atoms with E-state index in [9.17, 15) is 0 Å². The summed E-state index contributed by atoms with van der Waals surface area (Å²) in [5, 5.41) is 0. The molecule has 1 aliphatic rings. The molecule has 100 valence electrons. The van der Waals surface area contributed by atoms with Gasteiger partial charge in [-0.05, 0) is 38.5 Å². The summed E-state index contributed by atoms with van der Waals surface area (Å²) in [6, 6.07) is 0. The van der Waals surface area contributed by atoms with Gasteiger partial charge < -0.3 is 15.4 Å². The lowest BCUT2D eigenvalue weighted by atomic mass is 10.2. The van der Waals surface area contributed by atoms with Crippen molar-refractivity contribution in [1.29, 1.82) is 0 Å². The van der Waals surface area contributed by atoms with E-state index < -0.39 is 0 Å². The lowest BCUT2D eigenvalue weighted by Crippen LogP contribution is -2.13. The van der Waals surface area contributed by atoms with Crippen molar-refractivity contribution in [2.75, 3.05) is 13.2 Å². The van der Waals surface area contributed by atoms with Crippen LogP contribution in [0.2, 0.25) is 0 Å². The molecule has 0 aromatic rings. The van der Waals surface area contributed by atoms with E-state index in [0.717, 1.165) is 30.7 Å². The third-order valence-electron chi connectivity index (χ3n) is 2.66. The van der Waals surface area contributed by atoms with Crippen LogP contribution in [-0.4, -0.2) is 18.1 Å². The maximum absolute atomic E-state index is 5.63. The number of allylic oxidation sites excluding steroid dienone is 3. The molecule has 0 bridgehead atoms. The molecule has 3 heteroatoms. The molecule has 0 unspecified atom stereocenters. The Morgan fingerprint density at radius 3 is 2.94 bits per heavy atom. The van der Waals surface area contributed by atoms with E-state index >= 15 is 0 Å². The molecule has 0 fully saturated rings. The Hall–Kier alpha value is -1.48. The highest BCUT2D eigenvalue weighted by Gasteiger charge is 2.08. The Bertz CT molecular complexity index is 367. The first kappa shape index (κ1) is 14.6. The Balaban J connectivity index is 2.63. The molecular formula is C15H24N2O. The van der Waals surface area contributed by atoms with E-state index in [2.05, 4.69) is 26.6 Å². The number of nitrogens with zero attached hydrogens (tertiary/aromatic N) is 1. The van der Waals surface area contributed by atoms with Crippen molar-refractivity contribution in [3.05, 3.63) is 48.2 Å². The Morgan fingerprint density at radius 2 is 2.28 bits per heavy atom. The highest BCUT2D eigenvalue weighted by atomic mass is 16.5. The van der Waals surface area contributed by atoms with Gasteiger partial charge in [-0.15, -0.1) is 0 Å². The minimum Gasteiger partial charge on any atom is -0.492 e. The maximum Gasteiger partial charge on any atom is 0.135 e. The summed E-state index contributed by atoms with van der Waals surface area (Å²) in [6.45, 7) is 9.64. The minimum absolute atomic E-state index is 0.656. The molecular weight excluding hydrogens is 224 g/mol. The molecule has 1 heterocycles. The van der Waals surface area contributed by atoms with Crippen LogP contribution < -0.4 is 5.73 Å². The average Bonchev–Trinajstić information content (AvgIpc) is 2.34. The van der Waals surface area contributed by atoms with Crippen LogP contribution in [0.15, 0.2) is 48.2 Å². The summed E-state index contributed by atoms with van der Waals surface area (Å²) in [7, 11) is 0. The lowest BCUT2D eigenvalue weighted by molar-refractivity contribution is 0.216. The predicted octanol–water partition coefficient (Wildman–Crippen LogP) is 3.28. The second-order valence-corrected chi connectivity index (χ2v) is 4.48. The second-order valence-electron chi connectivity index (χ2n) is 4.48. The zero-order valence-corrected chi connectivity index (χ0v) is 11.5. The molecule has 1 aliphatic heterocycles. The number of hydrogen-bond acceptors (Lipinski definition) is 3. The zero-order valence-electron chi connectivity index (χ0n) is 11.5. The highest BCUT2D eigenvalue weighted by Crippen LogP contribution is 2.19. The van der Waals surface area contributed by atoms with Gasteiger partial charge in [0.15, 0.2) is 0 Å².